The van der Waals surface area contributed by atoms with Gasteiger partial charge in [0.05, 0.1) is 13.1 Å². The van der Waals surface area contributed by atoms with Crippen LogP contribution in [0.5, 0.6) is 0 Å². The molecule has 1 saturated heterocycles. The minimum atomic E-state index is 0.556. The van der Waals surface area contributed by atoms with Crippen LogP contribution in [-0.4, -0.2) is 25.0 Å². The molecule has 0 unspecified atom stereocenters. The monoisotopic (exact) mass is 250 g/mol. The maximum atomic E-state index is 5.82. The molecule has 0 aromatic carbocycles. The molecule has 18 heavy (non-hydrogen) atoms. The molecule has 3 heteroatoms. The van der Waals surface area contributed by atoms with Gasteiger partial charge >= 0.3 is 0 Å². The highest BCUT2D eigenvalue weighted by atomic mass is 16.3. The molecule has 1 aliphatic heterocycles. The van der Waals surface area contributed by atoms with E-state index in [-0.39, 0.29) is 0 Å². The lowest BCUT2D eigenvalue weighted by atomic mass is 9.82. The molecule has 1 aliphatic rings. The molecule has 0 saturated carbocycles. The number of nitrogens with zero attached hydrogens (tertiary/aromatic N) is 1. The van der Waals surface area contributed by atoms with E-state index in [1.165, 1.54) is 32.4 Å². The summed E-state index contributed by atoms with van der Waals surface area (Å²) in [4.78, 5) is 2.54. The molecule has 1 fully saturated rings. The number of nitrogens with one attached hydrogen (secondary N) is 1. The van der Waals surface area contributed by atoms with Crippen LogP contribution < -0.4 is 5.32 Å². The first-order chi connectivity index (χ1) is 8.71. The quantitative estimate of drug-likeness (QED) is 0.841. The van der Waals surface area contributed by atoms with E-state index in [1.807, 2.05) is 7.05 Å². The predicted octanol–water partition coefficient (Wildman–Crippen LogP) is 3.01. The summed E-state index contributed by atoms with van der Waals surface area (Å²) in [6, 6.07) is 4.19. The summed E-state index contributed by atoms with van der Waals surface area (Å²) >= 11 is 0. The maximum Gasteiger partial charge on any atom is 0.118 e. The van der Waals surface area contributed by atoms with E-state index in [2.05, 4.69) is 36.2 Å². The molecule has 1 aromatic heterocycles. The molecule has 2 heterocycles. The van der Waals surface area contributed by atoms with Gasteiger partial charge in [0.1, 0.15) is 11.5 Å². The van der Waals surface area contributed by atoms with Crippen LogP contribution in [0.1, 0.15) is 44.6 Å². The maximum absolute atomic E-state index is 5.82. The molecule has 0 aliphatic carbocycles. The molecule has 0 amide bonds. The smallest absolute Gasteiger partial charge is 0.118 e. The van der Waals surface area contributed by atoms with E-state index in [0.717, 1.165) is 24.6 Å². The average Bonchev–Trinajstić information content (AvgIpc) is 2.98. The van der Waals surface area contributed by atoms with E-state index in [0.29, 0.717) is 5.41 Å². The number of rotatable bonds is 6. The fourth-order valence-corrected chi connectivity index (χ4v) is 2.99. The number of hydrogen-bond donors (Lipinski definition) is 1. The van der Waals surface area contributed by atoms with Crippen molar-refractivity contribution < 1.29 is 4.42 Å². The lowest BCUT2D eigenvalue weighted by molar-refractivity contribution is 0.224. The highest BCUT2D eigenvalue weighted by molar-refractivity contribution is 5.07. The Labute approximate surface area is 111 Å². The highest BCUT2D eigenvalue weighted by Crippen LogP contribution is 2.37. The predicted molar refractivity (Wildman–Crippen MR) is 74.4 cm³/mol. The fraction of sp³-hybridized carbons (Fsp3) is 0.733. The summed E-state index contributed by atoms with van der Waals surface area (Å²) < 4.78 is 5.82. The van der Waals surface area contributed by atoms with Gasteiger partial charge in [-0.25, -0.2) is 0 Å². The fourth-order valence-electron chi connectivity index (χ4n) is 2.99. The third-order valence-corrected chi connectivity index (χ3v) is 4.47. The molecule has 0 radical (unpaired) electrons. The van der Waals surface area contributed by atoms with Crippen molar-refractivity contribution in [3.05, 3.63) is 23.7 Å². The summed E-state index contributed by atoms with van der Waals surface area (Å²) in [7, 11) is 1.94. The SMILES string of the molecule is CCC1(CC)CCN(Cc2ccc(CNC)o2)C1. The van der Waals surface area contributed by atoms with Gasteiger partial charge in [-0.05, 0) is 50.4 Å². The van der Waals surface area contributed by atoms with E-state index in [9.17, 15) is 0 Å². The topological polar surface area (TPSA) is 28.4 Å². The van der Waals surface area contributed by atoms with Crippen molar-refractivity contribution in [2.24, 2.45) is 5.41 Å². The lowest BCUT2D eigenvalue weighted by Crippen LogP contribution is -2.25. The van der Waals surface area contributed by atoms with Crippen LogP contribution in [0.15, 0.2) is 16.5 Å². The number of hydrogen-bond acceptors (Lipinski definition) is 3. The molecule has 0 bridgehead atoms. The molecule has 2 rings (SSSR count). The van der Waals surface area contributed by atoms with E-state index < -0.39 is 0 Å². The second-order valence-electron chi connectivity index (χ2n) is 5.57. The Morgan fingerprint density at radius 2 is 2.00 bits per heavy atom. The summed E-state index contributed by atoms with van der Waals surface area (Å²) in [5, 5.41) is 3.11. The molecule has 3 nitrogen and oxygen atoms in total. The van der Waals surface area contributed by atoms with E-state index in [1.54, 1.807) is 0 Å². The molecule has 0 spiro atoms. The summed E-state index contributed by atoms with van der Waals surface area (Å²) in [5.41, 5.74) is 0.556. The Hall–Kier alpha value is -0.800. The second-order valence-corrected chi connectivity index (χ2v) is 5.57. The molecule has 1 N–H and O–H groups in total. The first kappa shape index (κ1) is 13.6. The van der Waals surface area contributed by atoms with Gasteiger partial charge in [-0.3, -0.25) is 4.90 Å². The van der Waals surface area contributed by atoms with Crippen LogP contribution in [0.25, 0.3) is 0 Å². The van der Waals surface area contributed by atoms with Crippen molar-refractivity contribution in [3.8, 4) is 0 Å². The van der Waals surface area contributed by atoms with Crippen LogP contribution >= 0.6 is 0 Å². The van der Waals surface area contributed by atoms with Crippen molar-refractivity contribution in [2.45, 2.75) is 46.2 Å². The van der Waals surface area contributed by atoms with E-state index in [4.69, 9.17) is 4.42 Å². The number of furan rings is 1. The van der Waals surface area contributed by atoms with Crippen molar-refractivity contribution >= 4 is 0 Å². The molecule has 102 valence electrons. The van der Waals surface area contributed by atoms with Crippen molar-refractivity contribution in [1.29, 1.82) is 0 Å². The highest BCUT2D eigenvalue weighted by Gasteiger charge is 2.34. The van der Waals surface area contributed by atoms with Gasteiger partial charge in [0.15, 0.2) is 0 Å². The third-order valence-electron chi connectivity index (χ3n) is 4.47. The van der Waals surface area contributed by atoms with Crippen molar-refractivity contribution in [3.63, 3.8) is 0 Å². The largest absolute Gasteiger partial charge is 0.463 e. The summed E-state index contributed by atoms with van der Waals surface area (Å²) in [6.07, 6.45) is 3.93. The Morgan fingerprint density at radius 3 is 2.61 bits per heavy atom. The zero-order valence-corrected chi connectivity index (χ0v) is 12.0. The zero-order chi connectivity index (χ0) is 13.0. The molecular weight excluding hydrogens is 224 g/mol. The van der Waals surface area contributed by atoms with Crippen LogP contribution in [0.3, 0.4) is 0 Å². The van der Waals surface area contributed by atoms with Gasteiger partial charge in [-0.1, -0.05) is 13.8 Å². The summed E-state index contributed by atoms with van der Waals surface area (Å²) in [6.45, 7) is 8.86. The lowest BCUT2D eigenvalue weighted by Gasteiger charge is -2.26. The van der Waals surface area contributed by atoms with Crippen molar-refractivity contribution in [1.82, 2.24) is 10.2 Å². The Bertz CT molecular complexity index is 368. The number of likely N-dealkylation sites (tertiary alicyclic amines) is 1. The first-order valence-electron chi connectivity index (χ1n) is 7.16. The van der Waals surface area contributed by atoms with Crippen LogP contribution in [0.2, 0.25) is 0 Å². The van der Waals surface area contributed by atoms with E-state index >= 15 is 0 Å². The normalized spacial score (nSPS) is 19.5. The van der Waals surface area contributed by atoms with Crippen LogP contribution in [0, 0.1) is 5.41 Å². The Morgan fingerprint density at radius 1 is 1.28 bits per heavy atom. The minimum Gasteiger partial charge on any atom is -0.463 e. The van der Waals surface area contributed by atoms with Gasteiger partial charge in [0.2, 0.25) is 0 Å². The van der Waals surface area contributed by atoms with Crippen LogP contribution in [-0.2, 0) is 13.1 Å². The average molecular weight is 250 g/mol. The summed E-state index contributed by atoms with van der Waals surface area (Å²) in [5.74, 6) is 2.13. The molecular formula is C15H26N2O. The standard InChI is InChI=1S/C15H26N2O/c1-4-15(5-2)8-9-17(12-15)11-14-7-6-13(18-14)10-16-3/h6-7,16H,4-5,8-12H2,1-3H3. The van der Waals surface area contributed by atoms with Crippen LogP contribution in [0.4, 0.5) is 0 Å². The van der Waals surface area contributed by atoms with Gasteiger partial charge < -0.3 is 9.73 Å². The Balaban J connectivity index is 1.90. The van der Waals surface area contributed by atoms with Crippen molar-refractivity contribution in [2.75, 3.05) is 20.1 Å². The minimum absolute atomic E-state index is 0.556. The van der Waals surface area contributed by atoms with Gasteiger partial charge in [-0.2, -0.15) is 0 Å². The molecule has 0 atom stereocenters. The van der Waals surface area contributed by atoms with Gasteiger partial charge in [0, 0.05) is 6.54 Å². The zero-order valence-electron chi connectivity index (χ0n) is 12.0. The Kier molecular flexibility index (Phi) is 4.46. The second kappa shape index (κ2) is 5.89. The van der Waals surface area contributed by atoms with Gasteiger partial charge in [-0.15, -0.1) is 0 Å². The third kappa shape index (κ3) is 2.96. The first-order valence-corrected chi connectivity index (χ1v) is 7.16. The molecule has 1 aromatic rings. The van der Waals surface area contributed by atoms with Gasteiger partial charge in [0.25, 0.3) is 0 Å².